The van der Waals surface area contributed by atoms with Crippen LogP contribution in [-0.2, 0) is 0 Å². The first-order chi connectivity index (χ1) is 7.63. The molecule has 0 saturated carbocycles. The number of ketones is 1. The van der Waals surface area contributed by atoms with Crippen LogP contribution >= 0.6 is 0 Å². The summed E-state index contributed by atoms with van der Waals surface area (Å²) < 4.78 is 26.1. The molecule has 2 nitrogen and oxygen atoms in total. The van der Waals surface area contributed by atoms with E-state index in [0.29, 0.717) is 10.9 Å². The fourth-order valence-corrected chi connectivity index (χ4v) is 1.39. The molecular weight excluding hydrogens is 212 g/mol. The molecular formula is C12H7F2NO. The Balaban J connectivity index is 2.69. The molecule has 0 unspecified atom stereocenters. The second kappa shape index (κ2) is 3.81. The lowest BCUT2D eigenvalue weighted by atomic mass is 10.1. The maximum absolute atomic E-state index is 13.3. The molecule has 0 aliphatic heterocycles. The number of rotatable bonds is 2. The summed E-state index contributed by atoms with van der Waals surface area (Å²) in [4.78, 5) is 15.0. The van der Waals surface area contributed by atoms with Gasteiger partial charge in [-0.3, -0.25) is 9.78 Å². The first-order valence-electron chi connectivity index (χ1n) is 4.54. The second-order valence-corrected chi connectivity index (χ2v) is 3.23. The molecule has 0 atom stereocenters. The number of carbonyl (C=O) groups is 1. The lowest BCUT2D eigenvalue weighted by Gasteiger charge is -2.01. The van der Waals surface area contributed by atoms with Crippen molar-refractivity contribution >= 4 is 16.7 Å². The lowest BCUT2D eigenvalue weighted by Crippen LogP contribution is -1.97. The third kappa shape index (κ3) is 1.58. The zero-order chi connectivity index (χ0) is 11.7. The van der Waals surface area contributed by atoms with E-state index in [1.165, 1.54) is 18.3 Å². The van der Waals surface area contributed by atoms with Crippen molar-refractivity contribution in [1.29, 1.82) is 0 Å². The molecule has 2 aromatic rings. The Morgan fingerprint density at radius 3 is 2.81 bits per heavy atom. The Labute approximate surface area is 90.2 Å². The van der Waals surface area contributed by atoms with Gasteiger partial charge in [-0.2, -0.15) is 0 Å². The Hall–Kier alpha value is -2.10. The van der Waals surface area contributed by atoms with Crippen LogP contribution in [0.4, 0.5) is 8.78 Å². The van der Waals surface area contributed by atoms with Gasteiger partial charge in [-0.25, -0.2) is 8.78 Å². The van der Waals surface area contributed by atoms with Gasteiger partial charge in [0.2, 0.25) is 0 Å². The van der Waals surface area contributed by atoms with Gasteiger partial charge < -0.3 is 0 Å². The second-order valence-electron chi connectivity index (χ2n) is 3.23. The van der Waals surface area contributed by atoms with Gasteiger partial charge in [0.1, 0.15) is 5.52 Å². The third-order valence-electron chi connectivity index (χ3n) is 2.21. The molecule has 80 valence electrons. The van der Waals surface area contributed by atoms with Crippen molar-refractivity contribution in [2.45, 2.75) is 0 Å². The molecule has 1 aromatic carbocycles. The van der Waals surface area contributed by atoms with Gasteiger partial charge in [-0.05, 0) is 24.3 Å². The molecule has 1 heterocycles. The molecule has 0 aliphatic rings. The minimum absolute atomic E-state index is 0.0828. The first kappa shape index (κ1) is 10.4. The molecule has 0 saturated heterocycles. The molecule has 0 amide bonds. The van der Waals surface area contributed by atoms with Crippen molar-refractivity contribution in [3.05, 3.63) is 54.2 Å². The Morgan fingerprint density at radius 2 is 2.12 bits per heavy atom. The van der Waals surface area contributed by atoms with E-state index in [9.17, 15) is 13.6 Å². The largest absolute Gasteiger partial charge is 0.289 e. The van der Waals surface area contributed by atoms with Crippen molar-refractivity contribution in [3.8, 4) is 0 Å². The summed E-state index contributed by atoms with van der Waals surface area (Å²) in [5.41, 5.74) is 0.217. The number of carbonyl (C=O) groups excluding carboxylic acids is 1. The van der Waals surface area contributed by atoms with Gasteiger partial charge in [-0.1, -0.05) is 6.58 Å². The van der Waals surface area contributed by atoms with Crippen LogP contribution in [0.15, 0.2) is 37.1 Å². The van der Waals surface area contributed by atoms with Crippen molar-refractivity contribution < 1.29 is 13.6 Å². The molecule has 0 radical (unpaired) electrons. The van der Waals surface area contributed by atoms with E-state index in [2.05, 4.69) is 11.6 Å². The molecule has 0 fully saturated rings. The number of halogens is 2. The van der Waals surface area contributed by atoms with Crippen LogP contribution in [0.25, 0.3) is 10.9 Å². The van der Waals surface area contributed by atoms with Crippen molar-refractivity contribution in [3.63, 3.8) is 0 Å². The number of hydrogen-bond donors (Lipinski definition) is 0. The summed E-state index contributed by atoms with van der Waals surface area (Å²) in [6, 6.07) is 3.83. The summed E-state index contributed by atoms with van der Waals surface area (Å²) in [5.74, 6) is -2.27. The van der Waals surface area contributed by atoms with Gasteiger partial charge in [-0.15, -0.1) is 0 Å². The highest BCUT2D eigenvalue weighted by Gasteiger charge is 2.10. The standard InChI is InChI=1S/C12H7F2NO/c1-2-10(16)8-5-7-3-4-9(13)11(14)12(7)15-6-8/h2-6H,1H2. The van der Waals surface area contributed by atoms with Gasteiger partial charge in [0.15, 0.2) is 17.4 Å². The molecule has 2 rings (SSSR count). The predicted molar refractivity (Wildman–Crippen MR) is 56.2 cm³/mol. The average Bonchev–Trinajstić information content (AvgIpc) is 2.32. The molecule has 4 heteroatoms. The van der Waals surface area contributed by atoms with E-state index in [1.807, 2.05) is 0 Å². The van der Waals surface area contributed by atoms with E-state index >= 15 is 0 Å². The highest BCUT2D eigenvalue weighted by molar-refractivity contribution is 6.05. The van der Waals surface area contributed by atoms with Crippen LogP contribution in [0.3, 0.4) is 0 Å². The van der Waals surface area contributed by atoms with Gasteiger partial charge in [0, 0.05) is 17.1 Å². The van der Waals surface area contributed by atoms with Gasteiger partial charge in [0.25, 0.3) is 0 Å². The normalized spacial score (nSPS) is 10.4. The van der Waals surface area contributed by atoms with Crippen LogP contribution in [0.1, 0.15) is 10.4 Å². The third-order valence-corrected chi connectivity index (χ3v) is 2.21. The molecule has 0 aliphatic carbocycles. The van der Waals surface area contributed by atoms with E-state index in [0.717, 1.165) is 12.1 Å². The SMILES string of the molecule is C=CC(=O)c1cnc2c(F)c(F)ccc2c1. The summed E-state index contributed by atoms with van der Waals surface area (Å²) in [5, 5.41) is 0.381. The number of aromatic nitrogens is 1. The van der Waals surface area contributed by atoms with Gasteiger partial charge >= 0.3 is 0 Å². The summed E-state index contributed by atoms with van der Waals surface area (Å²) in [6.07, 6.45) is 2.34. The quantitative estimate of drug-likeness (QED) is 0.574. The van der Waals surface area contributed by atoms with Crippen LogP contribution in [0.2, 0.25) is 0 Å². The monoisotopic (exact) mass is 219 g/mol. The number of allylic oxidation sites excluding steroid dienone is 1. The number of nitrogens with zero attached hydrogens (tertiary/aromatic N) is 1. The highest BCUT2D eigenvalue weighted by Crippen LogP contribution is 2.19. The summed E-state index contributed by atoms with van der Waals surface area (Å²) in [6.45, 7) is 3.34. The maximum atomic E-state index is 13.3. The minimum atomic E-state index is -1.00. The average molecular weight is 219 g/mol. The van der Waals surface area contributed by atoms with Crippen molar-refractivity contribution in [2.75, 3.05) is 0 Å². The minimum Gasteiger partial charge on any atom is -0.289 e. The molecule has 0 bridgehead atoms. The Kier molecular flexibility index (Phi) is 2.48. The fourth-order valence-electron chi connectivity index (χ4n) is 1.39. The Morgan fingerprint density at radius 1 is 1.38 bits per heavy atom. The smallest absolute Gasteiger partial charge is 0.186 e. The summed E-state index contributed by atoms with van der Waals surface area (Å²) in [7, 11) is 0. The van der Waals surface area contributed by atoms with E-state index in [4.69, 9.17) is 0 Å². The van der Waals surface area contributed by atoms with Crippen LogP contribution in [0.5, 0.6) is 0 Å². The maximum Gasteiger partial charge on any atom is 0.186 e. The molecule has 0 N–H and O–H groups in total. The number of fused-ring (bicyclic) bond motifs is 1. The fraction of sp³-hybridized carbons (Fsp3) is 0. The summed E-state index contributed by atoms with van der Waals surface area (Å²) >= 11 is 0. The number of pyridine rings is 1. The van der Waals surface area contributed by atoms with Crippen molar-refractivity contribution in [2.24, 2.45) is 0 Å². The lowest BCUT2D eigenvalue weighted by molar-refractivity contribution is 0.104. The molecule has 1 aromatic heterocycles. The highest BCUT2D eigenvalue weighted by atomic mass is 19.2. The first-order valence-corrected chi connectivity index (χ1v) is 4.54. The zero-order valence-electron chi connectivity index (χ0n) is 8.21. The number of hydrogen-bond acceptors (Lipinski definition) is 2. The molecule has 0 spiro atoms. The van der Waals surface area contributed by atoms with Crippen LogP contribution in [0, 0.1) is 11.6 Å². The topological polar surface area (TPSA) is 30.0 Å². The van der Waals surface area contributed by atoms with E-state index < -0.39 is 11.6 Å². The van der Waals surface area contributed by atoms with E-state index in [1.54, 1.807) is 0 Å². The zero-order valence-corrected chi connectivity index (χ0v) is 8.21. The van der Waals surface area contributed by atoms with E-state index in [-0.39, 0.29) is 11.3 Å². The molecule has 16 heavy (non-hydrogen) atoms. The van der Waals surface area contributed by atoms with Crippen LogP contribution in [-0.4, -0.2) is 10.8 Å². The number of benzene rings is 1. The predicted octanol–water partition coefficient (Wildman–Crippen LogP) is 2.88. The van der Waals surface area contributed by atoms with Gasteiger partial charge in [0.05, 0.1) is 0 Å². The van der Waals surface area contributed by atoms with Crippen LogP contribution < -0.4 is 0 Å². The Bertz CT molecular complexity index is 593. The van der Waals surface area contributed by atoms with Crippen molar-refractivity contribution in [1.82, 2.24) is 4.98 Å².